The molecule has 1 heterocycles. The molecule has 6 heteroatoms. The fourth-order valence-corrected chi connectivity index (χ4v) is 2.87. The SMILES string of the molecule is Cc1ccsc1CNc1ccc([N+](=O)[O-])cc1Br. The number of hydrogen-bond acceptors (Lipinski definition) is 4. The van der Waals surface area contributed by atoms with Crippen molar-refractivity contribution in [2.24, 2.45) is 0 Å². The van der Waals surface area contributed by atoms with Gasteiger partial charge in [0.15, 0.2) is 0 Å². The Morgan fingerprint density at radius 1 is 1.44 bits per heavy atom. The van der Waals surface area contributed by atoms with Gasteiger partial charge in [0.2, 0.25) is 0 Å². The van der Waals surface area contributed by atoms with E-state index >= 15 is 0 Å². The lowest BCUT2D eigenvalue weighted by Gasteiger charge is -2.07. The van der Waals surface area contributed by atoms with Crippen LogP contribution in [-0.2, 0) is 6.54 Å². The first-order valence-electron chi connectivity index (χ1n) is 5.28. The molecule has 0 spiro atoms. The van der Waals surface area contributed by atoms with Gasteiger partial charge in [-0.25, -0.2) is 0 Å². The molecule has 4 nitrogen and oxygen atoms in total. The van der Waals surface area contributed by atoms with Crippen LogP contribution in [0.4, 0.5) is 11.4 Å². The summed E-state index contributed by atoms with van der Waals surface area (Å²) >= 11 is 5.03. The molecule has 0 saturated heterocycles. The van der Waals surface area contributed by atoms with Crippen molar-refractivity contribution >= 4 is 38.6 Å². The van der Waals surface area contributed by atoms with Gasteiger partial charge >= 0.3 is 0 Å². The molecule has 94 valence electrons. The van der Waals surface area contributed by atoms with Gasteiger partial charge in [0, 0.05) is 33.7 Å². The highest BCUT2D eigenvalue weighted by atomic mass is 79.9. The Labute approximate surface area is 117 Å². The second-order valence-electron chi connectivity index (χ2n) is 3.80. The standard InChI is InChI=1S/C12H11BrN2O2S/c1-8-4-5-18-12(8)7-14-11-3-2-9(15(16)17)6-10(11)13/h2-6,14H,7H2,1H3. The largest absolute Gasteiger partial charge is 0.379 e. The smallest absolute Gasteiger partial charge is 0.270 e. The number of thiophene rings is 1. The number of halogens is 1. The van der Waals surface area contributed by atoms with Crippen LogP contribution in [0.2, 0.25) is 0 Å². The second kappa shape index (κ2) is 5.49. The Morgan fingerprint density at radius 2 is 2.22 bits per heavy atom. The number of benzene rings is 1. The first-order chi connectivity index (χ1) is 8.58. The van der Waals surface area contributed by atoms with Gasteiger partial charge in [0.25, 0.3) is 5.69 Å². The number of anilines is 1. The molecule has 2 aromatic rings. The molecule has 0 aliphatic rings. The number of hydrogen-bond donors (Lipinski definition) is 1. The second-order valence-corrected chi connectivity index (χ2v) is 5.66. The Balaban J connectivity index is 2.11. The number of aryl methyl sites for hydroxylation is 1. The normalized spacial score (nSPS) is 10.3. The minimum Gasteiger partial charge on any atom is -0.379 e. The molecule has 0 unspecified atom stereocenters. The number of nitrogens with one attached hydrogen (secondary N) is 1. The van der Waals surface area contributed by atoms with E-state index in [9.17, 15) is 10.1 Å². The third kappa shape index (κ3) is 2.88. The maximum absolute atomic E-state index is 10.6. The van der Waals surface area contributed by atoms with Crippen molar-refractivity contribution in [3.8, 4) is 0 Å². The van der Waals surface area contributed by atoms with Crippen LogP contribution >= 0.6 is 27.3 Å². The van der Waals surface area contributed by atoms with E-state index in [1.54, 1.807) is 17.4 Å². The van der Waals surface area contributed by atoms with Crippen molar-refractivity contribution in [3.63, 3.8) is 0 Å². The minimum absolute atomic E-state index is 0.0831. The Morgan fingerprint density at radius 3 is 2.78 bits per heavy atom. The number of rotatable bonds is 4. The summed E-state index contributed by atoms with van der Waals surface area (Å²) in [7, 11) is 0. The summed E-state index contributed by atoms with van der Waals surface area (Å²) in [5.74, 6) is 0. The van der Waals surface area contributed by atoms with Gasteiger partial charge in [0.1, 0.15) is 0 Å². The Bertz CT molecular complexity index is 583. The molecular weight excluding hydrogens is 316 g/mol. The van der Waals surface area contributed by atoms with Crippen molar-refractivity contribution in [1.82, 2.24) is 0 Å². The van der Waals surface area contributed by atoms with Gasteiger partial charge in [-0.05, 0) is 45.9 Å². The van der Waals surface area contributed by atoms with E-state index in [0.717, 1.165) is 12.2 Å². The van der Waals surface area contributed by atoms with Crippen LogP contribution < -0.4 is 5.32 Å². The summed E-state index contributed by atoms with van der Waals surface area (Å²) in [4.78, 5) is 11.5. The fourth-order valence-electron chi connectivity index (χ4n) is 1.52. The van der Waals surface area contributed by atoms with E-state index < -0.39 is 4.92 Å². The minimum atomic E-state index is -0.405. The monoisotopic (exact) mass is 326 g/mol. The van der Waals surface area contributed by atoms with Crippen LogP contribution in [-0.4, -0.2) is 4.92 Å². The van der Waals surface area contributed by atoms with Crippen molar-refractivity contribution < 1.29 is 4.92 Å². The zero-order chi connectivity index (χ0) is 13.1. The van der Waals surface area contributed by atoms with Crippen molar-refractivity contribution in [2.45, 2.75) is 13.5 Å². The van der Waals surface area contributed by atoms with E-state index in [1.807, 2.05) is 0 Å². The van der Waals surface area contributed by atoms with E-state index in [1.165, 1.54) is 22.6 Å². The average Bonchev–Trinajstić information content (AvgIpc) is 2.73. The van der Waals surface area contributed by atoms with Crippen LogP contribution in [0, 0.1) is 17.0 Å². The molecule has 1 aromatic carbocycles. The van der Waals surface area contributed by atoms with Crippen molar-refractivity contribution in [3.05, 3.63) is 54.7 Å². The third-order valence-electron chi connectivity index (χ3n) is 2.57. The topological polar surface area (TPSA) is 55.2 Å². The lowest BCUT2D eigenvalue weighted by molar-refractivity contribution is -0.384. The zero-order valence-corrected chi connectivity index (χ0v) is 12.0. The molecule has 18 heavy (non-hydrogen) atoms. The summed E-state index contributed by atoms with van der Waals surface area (Å²) in [5, 5.41) is 15.9. The van der Waals surface area contributed by atoms with Crippen LogP contribution in [0.3, 0.4) is 0 Å². The van der Waals surface area contributed by atoms with Gasteiger partial charge in [-0.15, -0.1) is 11.3 Å². The molecule has 0 radical (unpaired) electrons. The molecule has 0 saturated carbocycles. The average molecular weight is 327 g/mol. The molecule has 0 fully saturated rings. The van der Waals surface area contributed by atoms with Crippen molar-refractivity contribution in [1.29, 1.82) is 0 Å². The van der Waals surface area contributed by atoms with Gasteiger partial charge < -0.3 is 5.32 Å². The van der Waals surface area contributed by atoms with E-state index in [0.29, 0.717) is 4.47 Å². The third-order valence-corrected chi connectivity index (χ3v) is 4.25. The number of non-ortho nitro benzene ring substituents is 1. The van der Waals surface area contributed by atoms with E-state index in [4.69, 9.17) is 0 Å². The highest BCUT2D eigenvalue weighted by Crippen LogP contribution is 2.28. The predicted molar refractivity (Wildman–Crippen MR) is 77.2 cm³/mol. The highest BCUT2D eigenvalue weighted by Gasteiger charge is 2.09. The summed E-state index contributed by atoms with van der Waals surface area (Å²) in [5.41, 5.74) is 2.19. The van der Waals surface area contributed by atoms with Gasteiger partial charge in [-0.1, -0.05) is 0 Å². The molecule has 0 amide bonds. The lowest BCUT2D eigenvalue weighted by atomic mass is 10.2. The first-order valence-corrected chi connectivity index (χ1v) is 6.96. The molecule has 0 bridgehead atoms. The maximum Gasteiger partial charge on any atom is 0.270 e. The Kier molecular flexibility index (Phi) is 3.98. The molecular formula is C12H11BrN2O2S. The molecule has 0 aliphatic heterocycles. The van der Waals surface area contributed by atoms with Crippen LogP contribution in [0.5, 0.6) is 0 Å². The summed E-state index contributed by atoms with van der Waals surface area (Å²) < 4.78 is 0.700. The molecule has 1 aromatic heterocycles. The molecule has 2 rings (SSSR count). The van der Waals surface area contributed by atoms with E-state index in [2.05, 4.69) is 39.6 Å². The maximum atomic E-state index is 10.6. The molecule has 0 aliphatic carbocycles. The number of nitro benzene ring substituents is 1. The first kappa shape index (κ1) is 13.0. The van der Waals surface area contributed by atoms with Crippen molar-refractivity contribution in [2.75, 3.05) is 5.32 Å². The Hall–Kier alpha value is -1.40. The summed E-state index contributed by atoms with van der Waals surface area (Å²) in [6, 6.07) is 6.79. The van der Waals surface area contributed by atoms with Gasteiger partial charge in [0.05, 0.1) is 4.92 Å². The number of nitro groups is 1. The predicted octanol–water partition coefficient (Wildman–Crippen LogP) is 4.34. The number of nitrogens with zero attached hydrogens (tertiary/aromatic N) is 1. The zero-order valence-electron chi connectivity index (χ0n) is 9.64. The molecule has 1 N–H and O–H groups in total. The quantitative estimate of drug-likeness (QED) is 0.671. The van der Waals surface area contributed by atoms with Crippen LogP contribution in [0.15, 0.2) is 34.1 Å². The lowest BCUT2D eigenvalue weighted by Crippen LogP contribution is -2.00. The highest BCUT2D eigenvalue weighted by molar-refractivity contribution is 9.10. The van der Waals surface area contributed by atoms with Gasteiger partial charge in [-0.2, -0.15) is 0 Å². The van der Waals surface area contributed by atoms with Crippen LogP contribution in [0.1, 0.15) is 10.4 Å². The van der Waals surface area contributed by atoms with Gasteiger partial charge in [-0.3, -0.25) is 10.1 Å². The summed E-state index contributed by atoms with van der Waals surface area (Å²) in [6.07, 6.45) is 0. The molecule has 0 atom stereocenters. The van der Waals surface area contributed by atoms with Crippen LogP contribution in [0.25, 0.3) is 0 Å². The summed E-state index contributed by atoms with van der Waals surface area (Å²) in [6.45, 7) is 2.79. The van der Waals surface area contributed by atoms with E-state index in [-0.39, 0.29) is 5.69 Å². The fraction of sp³-hybridized carbons (Fsp3) is 0.167.